The Morgan fingerprint density at radius 1 is 1.29 bits per heavy atom. The zero-order chi connectivity index (χ0) is 14.8. The molecule has 0 aliphatic carbocycles. The van der Waals surface area contributed by atoms with Crippen LogP contribution in [0.5, 0.6) is 0 Å². The molecule has 0 aromatic carbocycles. The molecule has 0 saturated carbocycles. The normalized spacial score (nSPS) is 16.6. The van der Waals surface area contributed by atoms with Crippen LogP contribution >= 0.6 is 0 Å². The maximum absolute atomic E-state index is 11.8. The summed E-state index contributed by atoms with van der Waals surface area (Å²) in [6, 6.07) is 4.18. The van der Waals surface area contributed by atoms with Gasteiger partial charge in [0.1, 0.15) is 5.82 Å². The number of carbonyl (C=O) groups excluding carboxylic acids is 1. The molecule has 6 heteroatoms. The van der Waals surface area contributed by atoms with Gasteiger partial charge in [-0.05, 0) is 18.9 Å². The number of carbonyl (C=O) groups is 1. The van der Waals surface area contributed by atoms with Crippen molar-refractivity contribution in [2.24, 2.45) is 5.92 Å². The smallest absolute Gasteiger partial charge is 0.222 e. The van der Waals surface area contributed by atoms with E-state index in [-0.39, 0.29) is 17.9 Å². The highest BCUT2D eigenvalue weighted by Crippen LogP contribution is 2.20. The number of anilines is 1. The van der Waals surface area contributed by atoms with Gasteiger partial charge in [0.15, 0.2) is 5.65 Å². The molecule has 3 heterocycles. The van der Waals surface area contributed by atoms with Crippen molar-refractivity contribution in [3.63, 3.8) is 0 Å². The number of nitrogens with zero attached hydrogens (tertiary/aromatic N) is 4. The van der Waals surface area contributed by atoms with Crippen molar-refractivity contribution < 1.29 is 4.79 Å². The molecule has 1 aliphatic rings. The van der Waals surface area contributed by atoms with Crippen LogP contribution in [0.15, 0.2) is 24.5 Å². The van der Waals surface area contributed by atoms with Crippen LogP contribution in [0.4, 0.5) is 5.82 Å². The Labute approximate surface area is 124 Å². The minimum Gasteiger partial charge on any atom is -0.356 e. The van der Waals surface area contributed by atoms with Crippen LogP contribution in [-0.4, -0.2) is 39.6 Å². The van der Waals surface area contributed by atoms with Gasteiger partial charge in [-0.2, -0.15) is 9.61 Å². The summed E-state index contributed by atoms with van der Waals surface area (Å²) >= 11 is 0. The predicted octanol–water partition coefficient (Wildman–Crippen LogP) is 1.47. The Hall–Kier alpha value is -2.11. The molecule has 21 heavy (non-hydrogen) atoms. The summed E-state index contributed by atoms with van der Waals surface area (Å²) in [5.74, 6) is 1.26. The quantitative estimate of drug-likeness (QED) is 0.928. The van der Waals surface area contributed by atoms with Gasteiger partial charge in [0.05, 0.1) is 6.20 Å². The Morgan fingerprint density at radius 3 is 2.76 bits per heavy atom. The number of hydrogen-bond donors (Lipinski definition) is 1. The lowest BCUT2D eigenvalue weighted by molar-refractivity contribution is -0.124. The highest BCUT2D eigenvalue weighted by Gasteiger charge is 2.23. The van der Waals surface area contributed by atoms with Gasteiger partial charge in [0.2, 0.25) is 5.91 Å². The molecule has 0 radical (unpaired) electrons. The lowest BCUT2D eigenvalue weighted by Gasteiger charge is -2.34. The number of piperidine rings is 1. The van der Waals surface area contributed by atoms with Crippen LogP contribution in [0.2, 0.25) is 0 Å². The minimum atomic E-state index is 0.0481. The first kappa shape index (κ1) is 13.9. The standard InChI is InChI=1S/C15H21N5O/c1-11(2)15(21)18-12-5-9-19(10-6-12)14-4-7-16-13-3-8-17-20(13)14/h3-4,7-8,11-12H,5-6,9-10H2,1-2H3,(H,18,21). The van der Waals surface area contributed by atoms with Gasteiger partial charge in [-0.1, -0.05) is 13.8 Å². The van der Waals surface area contributed by atoms with Crippen LogP contribution in [-0.2, 0) is 4.79 Å². The van der Waals surface area contributed by atoms with Gasteiger partial charge >= 0.3 is 0 Å². The number of amides is 1. The Kier molecular flexibility index (Phi) is 3.77. The van der Waals surface area contributed by atoms with E-state index in [1.165, 1.54) is 0 Å². The fourth-order valence-electron chi connectivity index (χ4n) is 2.68. The summed E-state index contributed by atoms with van der Waals surface area (Å²) in [4.78, 5) is 18.3. The molecule has 6 nitrogen and oxygen atoms in total. The molecular formula is C15H21N5O. The largest absolute Gasteiger partial charge is 0.356 e. The fourth-order valence-corrected chi connectivity index (χ4v) is 2.68. The maximum Gasteiger partial charge on any atom is 0.222 e. The highest BCUT2D eigenvalue weighted by atomic mass is 16.1. The third-order valence-electron chi connectivity index (χ3n) is 3.96. The molecule has 0 bridgehead atoms. The van der Waals surface area contributed by atoms with Crippen molar-refractivity contribution in [2.45, 2.75) is 32.7 Å². The number of fused-ring (bicyclic) bond motifs is 1. The van der Waals surface area contributed by atoms with Crippen LogP contribution in [0, 0.1) is 5.92 Å². The summed E-state index contributed by atoms with van der Waals surface area (Å²) in [6.07, 6.45) is 5.51. The Bertz CT molecular complexity index is 628. The van der Waals surface area contributed by atoms with Gasteiger partial charge in [0.25, 0.3) is 0 Å². The van der Waals surface area contributed by atoms with E-state index in [0.717, 1.165) is 37.4 Å². The molecule has 0 unspecified atom stereocenters. The summed E-state index contributed by atoms with van der Waals surface area (Å²) in [6.45, 7) is 5.69. The molecule has 1 fully saturated rings. The van der Waals surface area contributed by atoms with E-state index in [2.05, 4.69) is 20.3 Å². The molecular weight excluding hydrogens is 266 g/mol. The summed E-state index contributed by atoms with van der Waals surface area (Å²) in [5, 5.41) is 7.45. The average molecular weight is 287 g/mol. The van der Waals surface area contributed by atoms with Crippen molar-refractivity contribution in [2.75, 3.05) is 18.0 Å². The zero-order valence-corrected chi connectivity index (χ0v) is 12.5. The summed E-state index contributed by atoms with van der Waals surface area (Å²) in [7, 11) is 0. The maximum atomic E-state index is 11.8. The van der Waals surface area contributed by atoms with Crippen molar-refractivity contribution >= 4 is 17.4 Å². The fraction of sp³-hybridized carbons (Fsp3) is 0.533. The minimum absolute atomic E-state index is 0.0481. The average Bonchev–Trinajstić information content (AvgIpc) is 2.96. The molecule has 112 valence electrons. The van der Waals surface area contributed by atoms with Gasteiger partial charge < -0.3 is 10.2 Å². The Balaban J connectivity index is 1.66. The second-order valence-corrected chi connectivity index (χ2v) is 5.83. The topological polar surface area (TPSA) is 62.5 Å². The Morgan fingerprint density at radius 2 is 2.05 bits per heavy atom. The SMILES string of the molecule is CC(C)C(=O)NC1CCN(c2ccnc3ccnn23)CC1. The highest BCUT2D eigenvalue weighted by molar-refractivity contribution is 5.78. The van der Waals surface area contributed by atoms with E-state index >= 15 is 0 Å². The third kappa shape index (κ3) is 2.84. The van der Waals surface area contributed by atoms with Crippen LogP contribution in [0.3, 0.4) is 0 Å². The molecule has 1 amide bonds. The van der Waals surface area contributed by atoms with E-state index < -0.39 is 0 Å². The molecule has 0 atom stereocenters. The number of rotatable bonds is 3. The van der Waals surface area contributed by atoms with E-state index in [0.29, 0.717) is 0 Å². The zero-order valence-electron chi connectivity index (χ0n) is 12.5. The van der Waals surface area contributed by atoms with Gasteiger partial charge in [-0.15, -0.1) is 0 Å². The third-order valence-corrected chi connectivity index (χ3v) is 3.96. The second kappa shape index (κ2) is 5.71. The number of aromatic nitrogens is 3. The van der Waals surface area contributed by atoms with Crippen LogP contribution in [0.1, 0.15) is 26.7 Å². The molecule has 2 aromatic rings. The van der Waals surface area contributed by atoms with Crippen molar-refractivity contribution in [3.8, 4) is 0 Å². The molecule has 1 saturated heterocycles. The predicted molar refractivity (Wildman–Crippen MR) is 81.2 cm³/mol. The molecule has 0 spiro atoms. The van der Waals surface area contributed by atoms with Crippen LogP contribution < -0.4 is 10.2 Å². The first-order chi connectivity index (χ1) is 10.1. The summed E-state index contributed by atoms with van der Waals surface area (Å²) in [5.41, 5.74) is 0.864. The van der Waals surface area contributed by atoms with Gasteiger partial charge in [-0.3, -0.25) is 4.79 Å². The first-order valence-electron chi connectivity index (χ1n) is 7.49. The van der Waals surface area contributed by atoms with E-state index in [1.54, 1.807) is 6.20 Å². The van der Waals surface area contributed by atoms with E-state index in [1.807, 2.05) is 36.7 Å². The van der Waals surface area contributed by atoms with Gasteiger partial charge in [-0.25, -0.2) is 4.98 Å². The molecule has 1 aliphatic heterocycles. The van der Waals surface area contributed by atoms with Crippen molar-refractivity contribution in [3.05, 3.63) is 24.5 Å². The molecule has 3 rings (SSSR count). The molecule has 2 aromatic heterocycles. The van der Waals surface area contributed by atoms with Gasteiger partial charge in [0, 0.05) is 37.3 Å². The van der Waals surface area contributed by atoms with E-state index in [4.69, 9.17) is 0 Å². The van der Waals surface area contributed by atoms with E-state index in [9.17, 15) is 4.79 Å². The lowest BCUT2D eigenvalue weighted by Crippen LogP contribution is -2.46. The summed E-state index contributed by atoms with van der Waals surface area (Å²) < 4.78 is 1.87. The second-order valence-electron chi connectivity index (χ2n) is 5.83. The first-order valence-corrected chi connectivity index (χ1v) is 7.49. The number of nitrogens with one attached hydrogen (secondary N) is 1. The molecule has 1 N–H and O–H groups in total. The van der Waals surface area contributed by atoms with Crippen molar-refractivity contribution in [1.82, 2.24) is 19.9 Å². The lowest BCUT2D eigenvalue weighted by atomic mass is 10.0. The van der Waals surface area contributed by atoms with Crippen molar-refractivity contribution in [1.29, 1.82) is 0 Å². The van der Waals surface area contributed by atoms with Crippen LogP contribution in [0.25, 0.3) is 5.65 Å². The number of hydrogen-bond acceptors (Lipinski definition) is 4. The monoisotopic (exact) mass is 287 g/mol.